The van der Waals surface area contributed by atoms with E-state index >= 15 is 0 Å². The van der Waals surface area contributed by atoms with Crippen molar-refractivity contribution in [3.05, 3.63) is 0 Å². The van der Waals surface area contributed by atoms with E-state index in [1.807, 2.05) is 0 Å². The highest BCUT2D eigenvalue weighted by molar-refractivity contribution is 4.97. The summed E-state index contributed by atoms with van der Waals surface area (Å²) in [4.78, 5) is 3.17. The highest BCUT2D eigenvalue weighted by Crippen LogP contribution is 2.52. The molecule has 3 heteroatoms. The Morgan fingerprint density at radius 2 is 0.667 bits per heavy atom. The lowest BCUT2D eigenvalue weighted by Crippen LogP contribution is -2.53. The van der Waals surface area contributed by atoms with Gasteiger partial charge < -0.3 is 10.2 Å². The summed E-state index contributed by atoms with van der Waals surface area (Å²) >= 11 is 0. The van der Waals surface area contributed by atoms with Crippen molar-refractivity contribution in [1.82, 2.24) is 4.90 Å². The number of rotatable bonds is 7. The second-order valence-corrected chi connectivity index (χ2v) is 16.4. The second kappa shape index (κ2) is 13.0. The van der Waals surface area contributed by atoms with E-state index in [1.54, 1.807) is 0 Å². The molecule has 0 unspecified atom stereocenters. The fourth-order valence-corrected chi connectivity index (χ4v) is 10.8. The molecule has 2 N–H and O–H groups in total. The first-order valence-corrected chi connectivity index (χ1v) is 17.8. The lowest BCUT2D eigenvalue weighted by molar-refractivity contribution is -0.0329. The lowest BCUT2D eigenvalue weighted by atomic mass is 9.59. The summed E-state index contributed by atoms with van der Waals surface area (Å²) < 4.78 is 0. The van der Waals surface area contributed by atoms with Gasteiger partial charge in [-0.25, -0.2) is 0 Å². The van der Waals surface area contributed by atoms with Crippen LogP contribution < -0.4 is 0 Å². The molecular weight excluding hydrogens is 478 g/mol. The van der Waals surface area contributed by atoms with E-state index in [0.29, 0.717) is 10.8 Å². The number of nitrogens with zero attached hydrogens (tertiary/aromatic N) is 1. The summed E-state index contributed by atoms with van der Waals surface area (Å²) in [5.74, 6) is 3.35. The molecule has 0 atom stereocenters. The van der Waals surface area contributed by atoms with Crippen LogP contribution >= 0.6 is 0 Å². The van der Waals surface area contributed by atoms with E-state index in [9.17, 15) is 10.2 Å². The van der Waals surface area contributed by atoms with E-state index in [-0.39, 0.29) is 12.2 Å². The molecule has 5 saturated carbocycles. The number of hydrogen-bond donors (Lipinski definition) is 2. The Bertz CT molecular complexity index is 671. The van der Waals surface area contributed by atoms with Crippen molar-refractivity contribution in [3.8, 4) is 0 Å². The van der Waals surface area contributed by atoms with Gasteiger partial charge in [-0.15, -0.1) is 0 Å². The maximum absolute atomic E-state index is 10.1. The third-order valence-electron chi connectivity index (χ3n) is 13.8. The largest absolute Gasteiger partial charge is 0.393 e. The van der Waals surface area contributed by atoms with Crippen molar-refractivity contribution in [2.75, 3.05) is 0 Å². The van der Waals surface area contributed by atoms with Crippen molar-refractivity contribution in [3.63, 3.8) is 0 Å². The molecule has 5 fully saturated rings. The predicted molar refractivity (Wildman–Crippen MR) is 164 cm³/mol. The summed E-state index contributed by atoms with van der Waals surface area (Å²) in [6.07, 6.45) is 27.7. The van der Waals surface area contributed by atoms with Gasteiger partial charge in [0.05, 0.1) is 12.2 Å². The summed E-state index contributed by atoms with van der Waals surface area (Å²) in [5.41, 5.74) is 0.860. The quantitative estimate of drug-likeness (QED) is 0.337. The molecule has 39 heavy (non-hydrogen) atoms. The zero-order valence-electron chi connectivity index (χ0n) is 26.4. The minimum Gasteiger partial charge on any atom is -0.393 e. The molecule has 3 nitrogen and oxygen atoms in total. The molecule has 0 aromatic carbocycles. The number of aliphatic hydroxyl groups excluding tert-OH is 2. The van der Waals surface area contributed by atoms with Crippen molar-refractivity contribution < 1.29 is 10.2 Å². The zero-order valence-corrected chi connectivity index (χ0v) is 26.4. The standard InChI is InChI=1S/C36H65NO2/c1-35(2,28-14-22-33(38)23-15-28)26-10-18-31(19-11-26)37(30-8-6-5-7-9-30)32-20-12-27(13-21-32)36(3,4)29-16-24-34(39)25-17-29/h26-34,38-39H,5-25H2,1-4H3. The fourth-order valence-electron chi connectivity index (χ4n) is 10.8. The van der Waals surface area contributed by atoms with Crippen LogP contribution in [0, 0.1) is 34.5 Å². The van der Waals surface area contributed by atoms with Gasteiger partial charge in [0.2, 0.25) is 0 Å². The Kier molecular flexibility index (Phi) is 10.1. The average Bonchev–Trinajstić information content (AvgIpc) is 2.95. The molecule has 0 amide bonds. The molecule has 0 aromatic rings. The number of hydrogen-bond acceptors (Lipinski definition) is 3. The van der Waals surface area contributed by atoms with Crippen molar-refractivity contribution >= 4 is 0 Å². The first kappa shape index (κ1) is 30.3. The Morgan fingerprint density at radius 1 is 0.385 bits per heavy atom. The van der Waals surface area contributed by atoms with Crippen LogP contribution in [0.2, 0.25) is 0 Å². The predicted octanol–water partition coefficient (Wildman–Crippen LogP) is 8.89. The Morgan fingerprint density at radius 3 is 1.00 bits per heavy atom. The maximum Gasteiger partial charge on any atom is 0.0540 e. The van der Waals surface area contributed by atoms with Crippen molar-refractivity contribution in [2.45, 2.75) is 193 Å². The summed E-state index contributed by atoms with van der Waals surface area (Å²) in [5, 5.41) is 20.1. The third-order valence-corrected chi connectivity index (χ3v) is 13.8. The SMILES string of the molecule is CC(C)(C1CCC(O)CC1)C1CCC(N(C2CCCCC2)C2CCC(C(C)(C)C3CCC(O)CC3)CC2)CC1. The van der Waals surface area contributed by atoms with E-state index in [4.69, 9.17) is 0 Å². The van der Waals surface area contributed by atoms with Gasteiger partial charge in [0.15, 0.2) is 0 Å². The molecule has 0 spiro atoms. The Hall–Kier alpha value is -0.120. The van der Waals surface area contributed by atoms with Crippen LogP contribution in [0.15, 0.2) is 0 Å². The molecule has 0 aromatic heterocycles. The molecule has 0 radical (unpaired) electrons. The molecule has 0 heterocycles. The molecule has 5 rings (SSSR count). The van der Waals surface area contributed by atoms with Crippen molar-refractivity contribution in [1.29, 1.82) is 0 Å². The van der Waals surface area contributed by atoms with Gasteiger partial charge in [-0.3, -0.25) is 4.90 Å². The molecule has 0 bridgehead atoms. The smallest absolute Gasteiger partial charge is 0.0540 e. The molecular formula is C36H65NO2. The van der Waals surface area contributed by atoms with Crippen LogP contribution in [-0.4, -0.2) is 45.4 Å². The summed E-state index contributed by atoms with van der Waals surface area (Å²) in [7, 11) is 0. The zero-order chi connectivity index (χ0) is 27.6. The van der Waals surface area contributed by atoms with Crippen LogP contribution in [-0.2, 0) is 0 Å². The van der Waals surface area contributed by atoms with E-state index in [0.717, 1.165) is 67.5 Å². The van der Waals surface area contributed by atoms with Crippen molar-refractivity contribution in [2.24, 2.45) is 34.5 Å². The summed E-state index contributed by atoms with van der Waals surface area (Å²) in [6, 6.07) is 2.49. The fraction of sp³-hybridized carbons (Fsp3) is 1.00. The monoisotopic (exact) mass is 544 g/mol. The van der Waals surface area contributed by atoms with Gasteiger partial charge in [-0.2, -0.15) is 0 Å². The minimum atomic E-state index is -0.0342. The third kappa shape index (κ3) is 6.93. The van der Waals surface area contributed by atoms with Gasteiger partial charge in [-0.1, -0.05) is 47.0 Å². The second-order valence-electron chi connectivity index (χ2n) is 16.4. The normalized spacial score (nSPS) is 40.1. The lowest BCUT2D eigenvalue weighted by Gasteiger charge is -2.53. The van der Waals surface area contributed by atoms with Gasteiger partial charge in [-0.05, 0) is 150 Å². The average molecular weight is 544 g/mol. The van der Waals surface area contributed by atoms with E-state index in [2.05, 4.69) is 32.6 Å². The van der Waals surface area contributed by atoms with Gasteiger partial charge in [0.25, 0.3) is 0 Å². The van der Waals surface area contributed by atoms with Gasteiger partial charge in [0, 0.05) is 18.1 Å². The topological polar surface area (TPSA) is 43.7 Å². The van der Waals surface area contributed by atoms with Crippen LogP contribution in [0.1, 0.15) is 163 Å². The minimum absolute atomic E-state index is 0.0342. The van der Waals surface area contributed by atoms with Gasteiger partial charge in [0.1, 0.15) is 0 Å². The molecule has 5 aliphatic carbocycles. The van der Waals surface area contributed by atoms with Crippen LogP contribution in [0.25, 0.3) is 0 Å². The molecule has 5 aliphatic rings. The first-order valence-electron chi connectivity index (χ1n) is 17.8. The van der Waals surface area contributed by atoms with Crippen LogP contribution in [0.4, 0.5) is 0 Å². The van der Waals surface area contributed by atoms with E-state index < -0.39 is 0 Å². The Labute approximate surface area is 242 Å². The highest BCUT2D eigenvalue weighted by atomic mass is 16.3. The maximum atomic E-state index is 10.1. The molecule has 0 saturated heterocycles. The first-order chi connectivity index (χ1) is 18.7. The Balaban J connectivity index is 1.19. The number of aliphatic hydroxyl groups is 2. The molecule has 0 aliphatic heterocycles. The molecule has 226 valence electrons. The van der Waals surface area contributed by atoms with Gasteiger partial charge >= 0.3 is 0 Å². The highest BCUT2D eigenvalue weighted by Gasteiger charge is 2.45. The summed E-state index contributed by atoms with van der Waals surface area (Å²) in [6.45, 7) is 10.3. The van der Waals surface area contributed by atoms with E-state index in [1.165, 1.54) is 109 Å². The van der Waals surface area contributed by atoms with Crippen LogP contribution in [0.3, 0.4) is 0 Å². The van der Waals surface area contributed by atoms with Crippen LogP contribution in [0.5, 0.6) is 0 Å².